The van der Waals surface area contributed by atoms with Crippen molar-refractivity contribution in [3.05, 3.63) is 11.1 Å². The Bertz CT molecular complexity index is 370. The van der Waals surface area contributed by atoms with Crippen LogP contribution in [-0.2, 0) is 4.74 Å². The number of methoxy groups -OCH3 is 1. The summed E-state index contributed by atoms with van der Waals surface area (Å²) in [6.07, 6.45) is 7.65. The molecule has 0 unspecified atom stereocenters. The zero-order chi connectivity index (χ0) is 12.1. The van der Waals surface area contributed by atoms with Crippen molar-refractivity contribution in [3.63, 3.8) is 0 Å². The van der Waals surface area contributed by atoms with Crippen LogP contribution in [0.3, 0.4) is 0 Å². The summed E-state index contributed by atoms with van der Waals surface area (Å²) in [6.45, 7) is 0. The molecule has 17 heavy (non-hydrogen) atoms. The van der Waals surface area contributed by atoms with Gasteiger partial charge in [0.05, 0.1) is 7.11 Å². The van der Waals surface area contributed by atoms with E-state index in [4.69, 9.17) is 0 Å². The molecule has 1 heterocycles. The molecule has 0 radical (unpaired) electrons. The number of rotatable bonds is 3. The molecule has 0 bridgehead atoms. The van der Waals surface area contributed by atoms with Crippen molar-refractivity contribution >= 4 is 22.4 Å². The van der Waals surface area contributed by atoms with Crippen molar-refractivity contribution < 1.29 is 9.53 Å². The molecule has 0 amide bonds. The molecule has 94 valence electrons. The van der Waals surface area contributed by atoms with Gasteiger partial charge in [0.25, 0.3) is 0 Å². The number of carbonyl (C=O) groups excluding carboxylic acids is 1. The molecule has 1 N–H and O–H groups in total. The van der Waals surface area contributed by atoms with Gasteiger partial charge in [-0.05, 0) is 12.8 Å². The van der Waals surface area contributed by atoms with Crippen LogP contribution in [0.15, 0.2) is 5.38 Å². The average molecular weight is 254 g/mol. The Hall–Kier alpha value is -1.10. The molecule has 2 rings (SSSR count). The molecule has 1 aliphatic carbocycles. The largest absolute Gasteiger partial charge is 0.464 e. The Morgan fingerprint density at radius 1 is 1.41 bits per heavy atom. The fourth-order valence-electron chi connectivity index (χ4n) is 2.14. The third kappa shape index (κ3) is 3.43. The normalized spacial score (nSPS) is 17.5. The second-order valence-corrected chi connectivity index (χ2v) is 5.22. The maximum absolute atomic E-state index is 11.3. The molecule has 1 aromatic rings. The lowest BCUT2D eigenvalue weighted by molar-refractivity contribution is 0.0595. The standard InChI is InChI=1S/C12H18N2O2S/c1-16-11(15)10-8-17-12(14-10)13-9-6-4-2-3-5-7-9/h8-9H,2-7H2,1H3,(H,13,14). The first-order chi connectivity index (χ1) is 8.29. The summed E-state index contributed by atoms with van der Waals surface area (Å²) in [7, 11) is 1.38. The maximum Gasteiger partial charge on any atom is 0.357 e. The van der Waals surface area contributed by atoms with E-state index in [0.29, 0.717) is 11.7 Å². The number of aromatic nitrogens is 1. The number of esters is 1. The summed E-state index contributed by atoms with van der Waals surface area (Å²) in [5.41, 5.74) is 0.397. The predicted molar refractivity (Wildman–Crippen MR) is 68.6 cm³/mol. The lowest BCUT2D eigenvalue weighted by Crippen LogP contribution is -2.18. The van der Waals surface area contributed by atoms with E-state index < -0.39 is 0 Å². The van der Waals surface area contributed by atoms with E-state index in [1.807, 2.05) is 0 Å². The van der Waals surface area contributed by atoms with Crippen molar-refractivity contribution in [2.24, 2.45) is 0 Å². The van der Waals surface area contributed by atoms with Crippen LogP contribution in [0.25, 0.3) is 0 Å². The van der Waals surface area contributed by atoms with Gasteiger partial charge in [-0.1, -0.05) is 25.7 Å². The van der Waals surface area contributed by atoms with Gasteiger partial charge >= 0.3 is 5.97 Å². The minimum atomic E-state index is -0.366. The van der Waals surface area contributed by atoms with Crippen LogP contribution in [0.1, 0.15) is 49.0 Å². The molecule has 1 saturated carbocycles. The van der Waals surface area contributed by atoms with Crippen LogP contribution in [-0.4, -0.2) is 24.1 Å². The molecule has 5 heteroatoms. The van der Waals surface area contributed by atoms with E-state index in [1.165, 1.54) is 57.0 Å². The lowest BCUT2D eigenvalue weighted by Gasteiger charge is -2.14. The van der Waals surface area contributed by atoms with Crippen LogP contribution < -0.4 is 5.32 Å². The topological polar surface area (TPSA) is 51.2 Å². The minimum Gasteiger partial charge on any atom is -0.464 e. The van der Waals surface area contributed by atoms with Gasteiger partial charge in [-0.15, -0.1) is 11.3 Å². The van der Waals surface area contributed by atoms with Gasteiger partial charge in [0, 0.05) is 11.4 Å². The van der Waals surface area contributed by atoms with Crippen LogP contribution in [0.4, 0.5) is 5.13 Å². The monoisotopic (exact) mass is 254 g/mol. The fourth-order valence-corrected chi connectivity index (χ4v) is 2.89. The first kappa shape index (κ1) is 12.4. The average Bonchev–Trinajstić information content (AvgIpc) is 2.65. The molecule has 0 aromatic carbocycles. The first-order valence-electron chi connectivity index (χ1n) is 6.10. The summed E-state index contributed by atoms with van der Waals surface area (Å²) in [6, 6.07) is 0.508. The highest BCUT2D eigenvalue weighted by molar-refractivity contribution is 7.13. The van der Waals surface area contributed by atoms with Crippen LogP contribution in [0, 0.1) is 0 Å². The van der Waals surface area contributed by atoms with Gasteiger partial charge in [0.15, 0.2) is 10.8 Å². The molecule has 0 saturated heterocycles. The number of ether oxygens (including phenoxy) is 1. The highest BCUT2D eigenvalue weighted by Gasteiger charge is 2.15. The molecule has 1 fully saturated rings. The van der Waals surface area contributed by atoms with E-state index in [-0.39, 0.29) is 5.97 Å². The summed E-state index contributed by atoms with van der Waals surface area (Å²) in [4.78, 5) is 15.5. The third-order valence-electron chi connectivity index (χ3n) is 3.08. The van der Waals surface area contributed by atoms with Crippen LogP contribution >= 0.6 is 11.3 Å². The third-order valence-corrected chi connectivity index (χ3v) is 3.85. The second kappa shape index (κ2) is 6.00. The molecule has 0 spiro atoms. The summed E-state index contributed by atoms with van der Waals surface area (Å²) in [5, 5.41) is 5.99. The van der Waals surface area contributed by atoms with Crippen molar-refractivity contribution in [2.45, 2.75) is 44.6 Å². The molecule has 0 atom stereocenters. The Kier molecular flexibility index (Phi) is 4.36. The van der Waals surface area contributed by atoms with Gasteiger partial charge in [0.2, 0.25) is 0 Å². The molecular formula is C12H18N2O2S. The predicted octanol–water partition coefficient (Wildman–Crippen LogP) is 3.06. The van der Waals surface area contributed by atoms with Crippen molar-refractivity contribution in [3.8, 4) is 0 Å². The number of carbonyl (C=O) groups is 1. The summed E-state index contributed by atoms with van der Waals surface area (Å²) >= 11 is 1.47. The van der Waals surface area contributed by atoms with Crippen LogP contribution in [0.2, 0.25) is 0 Å². The number of anilines is 1. The Morgan fingerprint density at radius 2 is 2.12 bits per heavy atom. The number of hydrogen-bond donors (Lipinski definition) is 1. The quantitative estimate of drug-likeness (QED) is 0.665. The molecule has 1 aliphatic rings. The smallest absolute Gasteiger partial charge is 0.357 e. The van der Waals surface area contributed by atoms with Crippen LogP contribution in [0.5, 0.6) is 0 Å². The second-order valence-electron chi connectivity index (χ2n) is 4.36. The van der Waals surface area contributed by atoms with Gasteiger partial charge in [-0.2, -0.15) is 0 Å². The van der Waals surface area contributed by atoms with Crippen molar-refractivity contribution in [1.29, 1.82) is 0 Å². The Balaban J connectivity index is 1.93. The van der Waals surface area contributed by atoms with Gasteiger partial charge in [-0.25, -0.2) is 9.78 Å². The molecule has 4 nitrogen and oxygen atoms in total. The van der Waals surface area contributed by atoms with E-state index in [0.717, 1.165) is 5.13 Å². The lowest BCUT2D eigenvalue weighted by atomic mass is 10.1. The number of thiazole rings is 1. The van der Waals surface area contributed by atoms with Gasteiger partial charge in [0.1, 0.15) is 0 Å². The number of hydrogen-bond acceptors (Lipinski definition) is 5. The summed E-state index contributed by atoms with van der Waals surface area (Å²) in [5.74, 6) is -0.366. The summed E-state index contributed by atoms with van der Waals surface area (Å²) < 4.78 is 4.64. The maximum atomic E-state index is 11.3. The minimum absolute atomic E-state index is 0.366. The highest BCUT2D eigenvalue weighted by Crippen LogP contribution is 2.23. The fraction of sp³-hybridized carbons (Fsp3) is 0.667. The molecular weight excluding hydrogens is 236 g/mol. The Labute approximate surface area is 105 Å². The number of nitrogens with one attached hydrogen (secondary N) is 1. The molecule has 0 aliphatic heterocycles. The van der Waals surface area contributed by atoms with Crippen molar-refractivity contribution in [2.75, 3.05) is 12.4 Å². The van der Waals surface area contributed by atoms with E-state index in [9.17, 15) is 4.79 Å². The Morgan fingerprint density at radius 3 is 2.76 bits per heavy atom. The van der Waals surface area contributed by atoms with E-state index in [2.05, 4.69) is 15.0 Å². The van der Waals surface area contributed by atoms with E-state index in [1.54, 1.807) is 5.38 Å². The molecule has 1 aromatic heterocycles. The van der Waals surface area contributed by atoms with E-state index >= 15 is 0 Å². The zero-order valence-electron chi connectivity index (χ0n) is 10.1. The number of nitrogens with zero attached hydrogens (tertiary/aromatic N) is 1. The van der Waals surface area contributed by atoms with Crippen molar-refractivity contribution in [1.82, 2.24) is 4.98 Å². The van der Waals surface area contributed by atoms with Gasteiger partial charge < -0.3 is 10.1 Å². The SMILES string of the molecule is COC(=O)c1csc(NC2CCCCCC2)n1. The zero-order valence-corrected chi connectivity index (χ0v) is 10.9. The first-order valence-corrected chi connectivity index (χ1v) is 6.98. The highest BCUT2D eigenvalue weighted by atomic mass is 32.1. The van der Waals surface area contributed by atoms with Gasteiger partial charge in [-0.3, -0.25) is 0 Å².